The lowest BCUT2D eigenvalue weighted by molar-refractivity contribution is -0.307. The van der Waals surface area contributed by atoms with E-state index in [9.17, 15) is 67.2 Å². The monoisotopic (exact) mass is 738 g/mol. The van der Waals surface area contributed by atoms with Crippen LogP contribution in [0.3, 0.4) is 0 Å². The lowest BCUT2D eigenvalue weighted by Crippen LogP contribution is -2.60. The molecule has 0 atom stereocenters. The molecular formula is C25H17ClF10N6O5S. The Kier molecular flexibility index (Phi) is 8.84. The van der Waals surface area contributed by atoms with Crippen LogP contribution in [-0.2, 0) is 28.1 Å². The van der Waals surface area contributed by atoms with Gasteiger partial charge in [0.25, 0.3) is 11.8 Å². The van der Waals surface area contributed by atoms with Crippen molar-refractivity contribution in [3.8, 4) is 28.9 Å². The fourth-order valence-corrected chi connectivity index (χ4v) is 5.66. The van der Waals surface area contributed by atoms with Gasteiger partial charge in [0.1, 0.15) is 5.54 Å². The summed E-state index contributed by atoms with van der Waals surface area (Å²) in [7, 11) is -7.00. The van der Waals surface area contributed by atoms with Crippen molar-refractivity contribution in [1.82, 2.24) is 24.5 Å². The number of rotatable bonds is 8. The van der Waals surface area contributed by atoms with Gasteiger partial charge in [-0.05, 0) is 30.5 Å². The molecule has 0 radical (unpaired) electrons. The van der Waals surface area contributed by atoms with Gasteiger partial charge < -0.3 is 4.18 Å². The van der Waals surface area contributed by atoms with Gasteiger partial charge in [-0.3, -0.25) is 14.5 Å². The molecule has 0 spiro atoms. The van der Waals surface area contributed by atoms with Gasteiger partial charge in [-0.15, -0.1) is 5.10 Å². The average molecular weight is 739 g/mol. The van der Waals surface area contributed by atoms with Crippen LogP contribution in [0.2, 0.25) is 5.02 Å². The summed E-state index contributed by atoms with van der Waals surface area (Å²) < 4.78 is 163. The number of halogens is 11. The highest BCUT2D eigenvalue weighted by Gasteiger charge is 2.82. The van der Waals surface area contributed by atoms with E-state index in [2.05, 4.69) is 14.4 Å². The third-order valence-electron chi connectivity index (χ3n) is 6.98. The van der Waals surface area contributed by atoms with Crippen LogP contribution in [-0.4, -0.2) is 67.6 Å². The van der Waals surface area contributed by atoms with Crippen LogP contribution < -0.4 is 4.18 Å². The smallest absolute Gasteiger partial charge is 0.356 e. The Morgan fingerprint density at radius 2 is 1.65 bits per heavy atom. The molecule has 0 saturated heterocycles. The molecule has 4 rings (SSSR count). The standard InChI is InChI=1S/C25H17ClF10N6O5S/c1-3-16(43)42(21(11-37)6-7-21)20(44)14-8-12(4-5-15(14)26)13-9-38-41(10-13)19-17(22(27,28)29)18(39-40(19)2)47-48(45,46)23(30,24(31,32)33)25(34,35)36/h4-5,8-10H,3,6-7H2,1-2H3. The number of alkyl halides is 10. The van der Waals surface area contributed by atoms with Crippen molar-refractivity contribution < 1.29 is 66.1 Å². The fourth-order valence-electron chi connectivity index (χ4n) is 4.45. The maximum atomic E-state index is 14.3. The summed E-state index contributed by atoms with van der Waals surface area (Å²) in [4.78, 5) is 26.8. The van der Waals surface area contributed by atoms with Crippen molar-refractivity contribution in [2.75, 3.05) is 0 Å². The number of carbonyl (C=O) groups is 2. The molecule has 1 aromatic carbocycles. The molecule has 3 aromatic rings. The van der Waals surface area contributed by atoms with Crippen LogP contribution in [0.25, 0.3) is 16.9 Å². The number of amides is 2. The minimum Gasteiger partial charge on any atom is -0.356 e. The van der Waals surface area contributed by atoms with Gasteiger partial charge in [0, 0.05) is 25.2 Å². The number of imide groups is 1. The third-order valence-corrected chi connectivity index (χ3v) is 8.83. The SMILES string of the molecule is CCC(=O)N(C(=O)c1cc(-c2cnn(-c3c(C(F)(F)F)c(OS(=O)(=O)C(F)(C(F)(F)F)C(F)(F)F)nn3C)c2)ccc1Cl)C1(C#N)CC1. The van der Waals surface area contributed by atoms with Crippen molar-refractivity contribution in [3.05, 3.63) is 46.7 Å². The van der Waals surface area contributed by atoms with Gasteiger partial charge in [0.05, 0.1) is 22.9 Å². The second-order valence-electron chi connectivity index (χ2n) is 10.2. The fraction of sp³-hybridized carbons (Fsp3) is 0.400. The maximum Gasteiger partial charge on any atom is 0.450 e. The topological polar surface area (TPSA) is 140 Å². The zero-order chi connectivity index (χ0) is 36.4. The first kappa shape index (κ1) is 36.4. The quantitative estimate of drug-likeness (QED) is 0.206. The van der Waals surface area contributed by atoms with E-state index in [-0.39, 0.29) is 45.7 Å². The second kappa shape index (κ2) is 11.6. The number of hydrogen-bond donors (Lipinski definition) is 0. The summed E-state index contributed by atoms with van der Waals surface area (Å²) in [6.45, 7) is 1.45. The summed E-state index contributed by atoms with van der Waals surface area (Å²) in [5, 5.41) is 8.83. The van der Waals surface area contributed by atoms with Crippen molar-refractivity contribution >= 4 is 33.5 Å². The second-order valence-corrected chi connectivity index (χ2v) is 12.2. The van der Waals surface area contributed by atoms with Crippen molar-refractivity contribution in [3.63, 3.8) is 0 Å². The van der Waals surface area contributed by atoms with Gasteiger partial charge in [-0.1, -0.05) is 24.6 Å². The molecule has 1 fully saturated rings. The van der Waals surface area contributed by atoms with E-state index in [0.717, 1.165) is 23.4 Å². The van der Waals surface area contributed by atoms with Crippen molar-refractivity contribution in [1.29, 1.82) is 5.26 Å². The highest BCUT2D eigenvalue weighted by Crippen LogP contribution is 2.51. The zero-order valence-corrected chi connectivity index (χ0v) is 25.4. The molecule has 11 nitrogen and oxygen atoms in total. The third kappa shape index (κ3) is 5.93. The number of hydrogen-bond acceptors (Lipinski definition) is 8. The predicted molar refractivity (Wildman–Crippen MR) is 140 cm³/mol. The highest BCUT2D eigenvalue weighted by atomic mass is 35.5. The van der Waals surface area contributed by atoms with Crippen LogP contribution in [0.15, 0.2) is 30.6 Å². The molecule has 1 aliphatic carbocycles. The zero-order valence-electron chi connectivity index (χ0n) is 23.8. The molecule has 0 N–H and O–H groups in total. The average Bonchev–Trinajstić information content (AvgIpc) is 3.45. The first-order chi connectivity index (χ1) is 21.9. The first-order valence-electron chi connectivity index (χ1n) is 12.9. The Morgan fingerprint density at radius 3 is 2.12 bits per heavy atom. The molecule has 260 valence electrons. The first-order valence-corrected chi connectivity index (χ1v) is 14.7. The minimum atomic E-state index is -7.65. The van der Waals surface area contributed by atoms with Crippen LogP contribution in [0.1, 0.15) is 42.1 Å². The lowest BCUT2D eigenvalue weighted by atomic mass is 10.0. The molecule has 2 heterocycles. The number of carbonyl (C=O) groups excluding carboxylic acids is 2. The molecule has 1 saturated carbocycles. The van der Waals surface area contributed by atoms with E-state index in [1.54, 1.807) is 0 Å². The summed E-state index contributed by atoms with van der Waals surface area (Å²) in [5.41, 5.74) is -4.14. The summed E-state index contributed by atoms with van der Waals surface area (Å²) >= 11 is 6.19. The Morgan fingerprint density at radius 1 is 1.06 bits per heavy atom. The molecule has 0 aliphatic heterocycles. The summed E-state index contributed by atoms with van der Waals surface area (Å²) in [5.74, 6) is -5.35. The van der Waals surface area contributed by atoms with E-state index in [1.807, 2.05) is 6.07 Å². The number of nitriles is 1. The van der Waals surface area contributed by atoms with Gasteiger partial charge in [-0.2, -0.15) is 58.3 Å². The van der Waals surface area contributed by atoms with Gasteiger partial charge in [0.2, 0.25) is 5.91 Å². The summed E-state index contributed by atoms with van der Waals surface area (Å²) in [6, 6.07) is 5.46. The predicted octanol–water partition coefficient (Wildman–Crippen LogP) is 5.88. The van der Waals surface area contributed by atoms with Crippen LogP contribution in [0.4, 0.5) is 43.9 Å². The Bertz CT molecular complexity index is 1930. The van der Waals surface area contributed by atoms with Gasteiger partial charge in [-0.25, -0.2) is 13.8 Å². The molecule has 2 amide bonds. The van der Waals surface area contributed by atoms with E-state index in [4.69, 9.17) is 11.6 Å². The Labute approximate surface area is 267 Å². The molecule has 2 aromatic heterocycles. The molecule has 0 unspecified atom stereocenters. The van der Waals surface area contributed by atoms with Gasteiger partial charge >= 0.3 is 33.6 Å². The maximum absolute atomic E-state index is 14.3. The lowest BCUT2D eigenvalue weighted by Gasteiger charge is -2.28. The van der Waals surface area contributed by atoms with Crippen molar-refractivity contribution in [2.24, 2.45) is 7.05 Å². The highest BCUT2D eigenvalue weighted by molar-refractivity contribution is 7.88. The number of nitrogens with zero attached hydrogens (tertiary/aromatic N) is 6. The number of aryl methyl sites for hydroxylation is 1. The van der Waals surface area contributed by atoms with E-state index in [1.165, 1.54) is 19.1 Å². The largest absolute Gasteiger partial charge is 0.450 e. The molecular weight excluding hydrogens is 722 g/mol. The van der Waals surface area contributed by atoms with Crippen LogP contribution >= 0.6 is 11.6 Å². The molecule has 1 aliphatic rings. The van der Waals surface area contributed by atoms with Crippen molar-refractivity contribution in [2.45, 2.75) is 55.3 Å². The molecule has 48 heavy (non-hydrogen) atoms. The Hall–Kier alpha value is -4.39. The van der Waals surface area contributed by atoms with E-state index in [0.29, 0.717) is 11.7 Å². The van der Waals surface area contributed by atoms with Crippen LogP contribution in [0.5, 0.6) is 5.88 Å². The van der Waals surface area contributed by atoms with E-state index < -0.39 is 68.3 Å². The number of benzene rings is 1. The minimum absolute atomic E-state index is 0.0204. The number of aromatic nitrogens is 4. The Balaban J connectivity index is 1.80. The summed E-state index contributed by atoms with van der Waals surface area (Å²) in [6.07, 6.45) is -18.4. The van der Waals surface area contributed by atoms with Crippen LogP contribution in [0, 0.1) is 11.3 Å². The molecule has 0 bridgehead atoms. The van der Waals surface area contributed by atoms with Gasteiger partial charge in [0.15, 0.2) is 11.4 Å². The van der Waals surface area contributed by atoms with E-state index >= 15 is 0 Å². The normalized spacial score (nSPS) is 15.2. The molecule has 23 heteroatoms.